The number of thiazole rings is 1. The van der Waals surface area contributed by atoms with Crippen LogP contribution in [-0.4, -0.2) is 24.7 Å². The molecule has 1 fully saturated rings. The van der Waals surface area contributed by atoms with Crippen LogP contribution in [-0.2, 0) is 24.1 Å². The van der Waals surface area contributed by atoms with Crippen LogP contribution in [0.5, 0.6) is 0 Å². The molecule has 0 spiro atoms. The Hall–Kier alpha value is -0.450. The zero-order valence-corrected chi connectivity index (χ0v) is 12.3. The van der Waals surface area contributed by atoms with Gasteiger partial charge in [0.25, 0.3) is 0 Å². The third-order valence-electron chi connectivity index (χ3n) is 3.33. The SMILES string of the molecule is CCCc1nc(CC2CCOC2)sc1CNCC. The second kappa shape index (κ2) is 7.22. The van der Waals surface area contributed by atoms with Crippen LogP contribution in [0.3, 0.4) is 0 Å². The van der Waals surface area contributed by atoms with Crippen molar-refractivity contribution in [3.8, 4) is 0 Å². The normalized spacial score (nSPS) is 19.6. The minimum absolute atomic E-state index is 0.692. The van der Waals surface area contributed by atoms with Gasteiger partial charge in [-0.25, -0.2) is 4.98 Å². The maximum Gasteiger partial charge on any atom is 0.0935 e. The molecule has 1 aromatic rings. The van der Waals surface area contributed by atoms with Gasteiger partial charge in [0.05, 0.1) is 10.7 Å². The fraction of sp³-hybridized carbons (Fsp3) is 0.786. The van der Waals surface area contributed by atoms with E-state index >= 15 is 0 Å². The Morgan fingerprint density at radius 2 is 2.33 bits per heavy atom. The molecule has 0 bridgehead atoms. The van der Waals surface area contributed by atoms with Gasteiger partial charge in [0.2, 0.25) is 0 Å². The van der Waals surface area contributed by atoms with E-state index in [4.69, 9.17) is 9.72 Å². The molecule has 3 nitrogen and oxygen atoms in total. The number of nitrogens with one attached hydrogen (secondary N) is 1. The lowest BCUT2D eigenvalue weighted by molar-refractivity contribution is 0.186. The average molecular weight is 268 g/mol. The highest BCUT2D eigenvalue weighted by atomic mass is 32.1. The predicted molar refractivity (Wildman–Crippen MR) is 76.1 cm³/mol. The van der Waals surface area contributed by atoms with Crippen LogP contribution in [0, 0.1) is 5.92 Å². The largest absolute Gasteiger partial charge is 0.381 e. The van der Waals surface area contributed by atoms with Gasteiger partial charge in [0.15, 0.2) is 0 Å². The fourth-order valence-electron chi connectivity index (χ4n) is 2.32. The molecule has 0 aromatic carbocycles. The third-order valence-corrected chi connectivity index (χ3v) is 4.45. The van der Waals surface area contributed by atoms with E-state index in [1.54, 1.807) is 0 Å². The summed E-state index contributed by atoms with van der Waals surface area (Å²) >= 11 is 1.90. The van der Waals surface area contributed by atoms with E-state index in [0.717, 1.165) is 39.1 Å². The second-order valence-corrected chi connectivity index (χ2v) is 6.11. The maximum atomic E-state index is 5.44. The Morgan fingerprint density at radius 3 is 3.00 bits per heavy atom. The highest BCUT2D eigenvalue weighted by Crippen LogP contribution is 2.25. The second-order valence-electron chi connectivity index (χ2n) is 4.94. The molecule has 1 aliphatic heterocycles. The van der Waals surface area contributed by atoms with Crippen LogP contribution >= 0.6 is 11.3 Å². The Balaban J connectivity index is 2.00. The Bertz CT molecular complexity index is 359. The molecule has 4 heteroatoms. The molecule has 1 aliphatic rings. The predicted octanol–water partition coefficient (Wildman–Crippen LogP) is 2.78. The molecule has 0 amide bonds. The minimum atomic E-state index is 0.692. The van der Waals surface area contributed by atoms with Gasteiger partial charge in [-0.15, -0.1) is 11.3 Å². The summed E-state index contributed by atoms with van der Waals surface area (Å²) in [5.74, 6) is 0.692. The van der Waals surface area contributed by atoms with Crippen LogP contribution in [0.1, 0.15) is 42.3 Å². The van der Waals surface area contributed by atoms with Crippen LogP contribution in [0.4, 0.5) is 0 Å². The lowest BCUT2D eigenvalue weighted by Gasteiger charge is -2.02. The molecule has 2 rings (SSSR count). The van der Waals surface area contributed by atoms with Crippen LogP contribution in [0.25, 0.3) is 0 Å². The van der Waals surface area contributed by atoms with Crippen LogP contribution in [0.2, 0.25) is 0 Å². The highest BCUT2D eigenvalue weighted by molar-refractivity contribution is 7.11. The lowest BCUT2D eigenvalue weighted by atomic mass is 10.1. The first-order valence-electron chi connectivity index (χ1n) is 7.09. The van der Waals surface area contributed by atoms with Gasteiger partial charge >= 0.3 is 0 Å². The quantitative estimate of drug-likeness (QED) is 0.825. The van der Waals surface area contributed by atoms with Crippen molar-refractivity contribution in [3.05, 3.63) is 15.6 Å². The van der Waals surface area contributed by atoms with Gasteiger partial charge < -0.3 is 10.1 Å². The molecular weight excluding hydrogens is 244 g/mol. The van der Waals surface area contributed by atoms with Crippen molar-refractivity contribution < 1.29 is 4.74 Å². The van der Waals surface area contributed by atoms with Gasteiger partial charge in [-0.05, 0) is 25.3 Å². The van der Waals surface area contributed by atoms with Crippen molar-refractivity contribution in [2.75, 3.05) is 19.8 Å². The summed E-state index contributed by atoms with van der Waals surface area (Å²) in [6.45, 7) is 8.23. The zero-order chi connectivity index (χ0) is 12.8. The van der Waals surface area contributed by atoms with Crippen molar-refractivity contribution in [2.24, 2.45) is 5.92 Å². The number of hydrogen-bond acceptors (Lipinski definition) is 4. The molecule has 1 saturated heterocycles. The number of rotatable bonds is 7. The van der Waals surface area contributed by atoms with E-state index in [1.807, 2.05) is 11.3 Å². The molecular formula is C14H24N2OS. The van der Waals surface area contributed by atoms with E-state index in [9.17, 15) is 0 Å². The smallest absolute Gasteiger partial charge is 0.0935 e. The number of hydrogen-bond donors (Lipinski definition) is 1. The van der Waals surface area contributed by atoms with Crippen molar-refractivity contribution in [2.45, 2.75) is 46.1 Å². The molecule has 102 valence electrons. The molecule has 0 aliphatic carbocycles. The van der Waals surface area contributed by atoms with E-state index in [1.165, 1.54) is 28.4 Å². The van der Waals surface area contributed by atoms with Crippen LogP contribution in [0.15, 0.2) is 0 Å². The van der Waals surface area contributed by atoms with Gasteiger partial charge in [-0.1, -0.05) is 20.3 Å². The van der Waals surface area contributed by atoms with Crippen molar-refractivity contribution in [3.63, 3.8) is 0 Å². The first kappa shape index (κ1) is 14.0. The highest BCUT2D eigenvalue weighted by Gasteiger charge is 2.19. The summed E-state index contributed by atoms with van der Waals surface area (Å²) in [5, 5.41) is 4.72. The van der Waals surface area contributed by atoms with E-state index < -0.39 is 0 Å². The topological polar surface area (TPSA) is 34.1 Å². The molecule has 1 aromatic heterocycles. The number of aryl methyl sites for hydroxylation is 1. The molecule has 1 atom stereocenters. The number of aromatic nitrogens is 1. The number of ether oxygens (including phenoxy) is 1. The van der Waals surface area contributed by atoms with Gasteiger partial charge in [-0.2, -0.15) is 0 Å². The maximum absolute atomic E-state index is 5.44. The molecule has 18 heavy (non-hydrogen) atoms. The molecule has 1 N–H and O–H groups in total. The Kier molecular flexibility index (Phi) is 5.60. The van der Waals surface area contributed by atoms with Gasteiger partial charge in [-0.3, -0.25) is 0 Å². The third kappa shape index (κ3) is 3.77. The zero-order valence-electron chi connectivity index (χ0n) is 11.5. The molecule has 1 unspecified atom stereocenters. The minimum Gasteiger partial charge on any atom is -0.381 e. The van der Waals surface area contributed by atoms with Crippen LogP contribution < -0.4 is 5.32 Å². The molecule has 0 saturated carbocycles. The number of nitrogens with zero attached hydrogens (tertiary/aromatic N) is 1. The fourth-order valence-corrected chi connectivity index (χ4v) is 3.52. The van der Waals surface area contributed by atoms with Crippen molar-refractivity contribution in [1.29, 1.82) is 0 Å². The standard InChI is InChI=1S/C14H24N2OS/c1-3-5-12-13(9-15-4-2)18-14(16-12)8-11-6-7-17-10-11/h11,15H,3-10H2,1-2H3. The summed E-state index contributed by atoms with van der Waals surface area (Å²) in [5.41, 5.74) is 1.32. The van der Waals surface area contributed by atoms with E-state index in [-0.39, 0.29) is 0 Å². The Labute approximate surface area is 114 Å². The summed E-state index contributed by atoms with van der Waals surface area (Å²) in [6.07, 6.45) is 4.59. The van der Waals surface area contributed by atoms with E-state index in [2.05, 4.69) is 19.2 Å². The summed E-state index contributed by atoms with van der Waals surface area (Å²) in [4.78, 5) is 6.28. The summed E-state index contributed by atoms with van der Waals surface area (Å²) in [6, 6.07) is 0. The summed E-state index contributed by atoms with van der Waals surface area (Å²) in [7, 11) is 0. The molecule has 0 radical (unpaired) electrons. The molecule has 2 heterocycles. The van der Waals surface area contributed by atoms with Gasteiger partial charge in [0, 0.05) is 31.1 Å². The first-order valence-corrected chi connectivity index (χ1v) is 7.91. The van der Waals surface area contributed by atoms with Crippen molar-refractivity contribution in [1.82, 2.24) is 10.3 Å². The Morgan fingerprint density at radius 1 is 1.44 bits per heavy atom. The van der Waals surface area contributed by atoms with Gasteiger partial charge in [0.1, 0.15) is 0 Å². The first-order chi connectivity index (χ1) is 8.83. The average Bonchev–Trinajstić information content (AvgIpc) is 2.98. The monoisotopic (exact) mass is 268 g/mol. The lowest BCUT2D eigenvalue weighted by Crippen LogP contribution is -2.11. The van der Waals surface area contributed by atoms with E-state index in [0.29, 0.717) is 5.92 Å². The summed E-state index contributed by atoms with van der Waals surface area (Å²) < 4.78 is 5.44. The van der Waals surface area contributed by atoms with Crippen molar-refractivity contribution >= 4 is 11.3 Å².